The lowest BCUT2D eigenvalue weighted by Crippen LogP contribution is -2.07. The van der Waals surface area contributed by atoms with Gasteiger partial charge in [-0.2, -0.15) is 0 Å². The first-order chi connectivity index (χ1) is 10.6. The van der Waals surface area contributed by atoms with Gasteiger partial charge < -0.3 is 14.5 Å². The molecule has 0 fully saturated rings. The van der Waals surface area contributed by atoms with Crippen LogP contribution in [0.3, 0.4) is 0 Å². The zero-order valence-electron chi connectivity index (χ0n) is 11.9. The number of hydrogen-bond acceptors (Lipinski definition) is 3. The van der Waals surface area contributed by atoms with Crippen molar-refractivity contribution in [2.75, 3.05) is 5.32 Å². The average Bonchev–Trinajstić information content (AvgIpc) is 2.87. The van der Waals surface area contributed by atoms with Crippen LogP contribution < -0.4 is 10.1 Å². The third-order valence-electron chi connectivity index (χ3n) is 3.04. The Labute approximate surface area is 132 Å². The second-order valence-corrected chi connectivity index (χ2v) is 5.25. The minimum Gasteiger partial charge on any atom is -0.485 e. The van der Waals surface area contributed by atoms with Gasteiger partial charge in [-0.25, -0.2) is 4.98 Å². The third-order valence-corrected chi connectivity index (χ3v) is 3.26. The summed E-state index contributed by atoms with van der Waals surface area (Å²) in [6.45, 7) is 1.76. The van der Waals surface area contributed by atoms with Crippen molar-refractivity contribution in [1.29, 1.82) is 0 Å². The van der Waals surface area contributed by atoms with Crippen LogP contribution in [0.25, 0.3) is 5.65 Å². The molecule has 0 spiro atoms. The average molecular weight is 316 g/mol. The molecule has 1 amide bonds. The maximum Gasteiger partial charge on any atom is 0.221 e. The molecule has 0 saturated heterocycles. The molecule has 2 heterocycles. The number of benzene rings is 1. The Bertz CT molecular complexity index is 829. The molecular weight excluding hydrogens is 302 g/mol. The van der Waals surface area contributed by atoms with Crippen LogP contribution in [0.1, 0.15) is 12.6 Å². The van der Waals surface area contributed by atoms with Crippen LogP contribution in [0.15, 0.2) is 48.8 Å². The number of nitrogens with one attached hydrogen (secondary N) is 1. The molecular formula is C16H14ClN3O2. The molecule has 0 atom stereocenters. The summed E-state index contributed by atoms with van der Waals surface area (Å²) >= 11 is 5.95. The molecule has 0 aliphatic rings. The fourth-order valence-corrected chi connectivity index (χ4v) is 2.29. The van der Waals surface area contributed by atoms with Crippen molar-refractivity contribution in [1.82, 2.24) is 9.38 Å². The number of carbonyl (C=O) groups is 1. The highest BCUT2D eigenvalue weighted by atomic mass is 35.5. The molecule has 6 heteroatoms. The second-order valence-electron chi connectivity index (χ2n) is 4.81. The maximum absolute atomic E-state index is 11.2. The minimum absolute atomic E-state index is 0.140. The Hall–Kier alpha value is -2.53. The van der Waals surface area contributed by atoms with E-state index < -0.39 is 0 Å². The Kier molecular flexibility index (Phi) is 3.98. The number of imidazole rings is 1. The summed E-state index contributed by atoms with van der Waals surface area (Å²) < 4.78 is 7.61. The van der Waals surface area contributed by atoms with Gasteiger partial charge in [-0.05, 0) is 24.3 Å². The molecule has 0 radical (unpaired) electrons. The predicted octanol–water partition coefficient (Wildman–Crippen LogP) is 3.53. The highest BCUT2D eigenvalue weighted by Crippen LogP contribution is 2.24. The van der Waals surface area contributed by atoms with E-state index in [1.54, 1.807) is 24.4 Å². The van der Waals surface area contributed by atoms with Crippen LogP contribution in [0.2, 0.25) is 5.02 Å². The van der Waals surface area contributed by atoms with E-state index in [4.69, 9.17) is 16.3 Å². The van der Waals surface area contributed by atoms with Gasteiger partial charge in [-0.15, -0.1) is 0 Å². The molecule has 0 bridgehead atoms. The maximum atomic E-state index is 11.2. The van der Waals surface area contributed by atoms with Gasteiger partial charge in [0.1, 0.15) is 18.0 Å². The van der Waals surface area contributed by atoms with Crippen molar-refractivity contribution in [2.45, 2.75) is 13.5 Å². The summed E-state index contributed by atoms with van der Waals surface area (Å²) in [6.07, 6.45) is 3.65. The first-order valence-electron chi connectivity index (χ1n) is 6.74. The molecule has 0 saturated carbocycles. The summed E-state index contributed by atoms with van der Waals surface area (Å²) in [5.74, 6) is 0.464. The molecule has 112 valence electrons. The number of hydrogen-bond donors (Lipinski definition) is 1. The van der Waals surface area contributed by atoms with Crippen LogP contribution in [0.5, 0.6) is 5.75 Å². The number of carbonyl (C=O) groups excluding carboxylic acids is 1. The summed E-state index contributed by atoms with van der Waals surface area (Å²) in [5.41, 5.74) is 2.22. The van der Waals surface area contributed by atoms with Gasteiger partial charge in [0, 0.05) is 19.3 Å². The molecule has 2 aromatic heterocycles. The van der Waals surface area contributed by atoms with E-state index in [0.717, 1.165) is 11.3 Å². The van der Waals surface area contributed by atoms with Crippen molar-refractivity contribution < 1.29 is 9.53 Å². The monoisotopic (exact) mass is 315 g/mol. The molecule has 3 aromatic rings. The van der Waals surface area contributed by atoms with Crippen molar-refractivity contribution in [3.8, 4) is 5.75 Å². The van der Waals surface area contributed by atoms with Gasteiger partial charge in [-0.1, -0.05) is 23.7 Å². The van der Waals surface area contributed by atoms with E-state index in [1.807, 2.05) is 28.8 Å². The zero-order valence-corrected chi connectivity index (χ0v) is 12.7. The lowest BCUT2D eigenvalue weighted by Gasteiger charge is -2.10. The largest absolute Gasteiger partial charge is 0.485 e. The van der Waals surface area contributed by atoms with E-state index >= 15 is 0 Å². The van der Waals surface area contributed by atoms with Crippen molar-refractivity contribution in [2.24, 2.45) is 0 Å². The Morgan fingerprint density at radius 3 is 2.91 bits per heavy atom. The smallest absolute Gasteiger partial charge is 0.221 e. The van der Waals surface area contributed by atoms with Crippen molar-refractivity contribution in [3.63, 3.8) is 0 Å². The SMILES string of the molecule is CC(=O)Nc1ccccc1OCc1cn2cc(Cl)ccc2n1. The number of halogens is 1. The summed E-state index contributed by atoms with van der Waals surface area (Å²) in [7, 11) is 0. The molecule has 1 N–H and O–H groups in total. The van der Waals surface area contributed by atoms with Crippen LogP contribution in [-0.4, -0.2) is 15.3 Å². The molecule has 0 aliphatic carbocycles. The summed E-state index contributed by atoms with van der Waals surface area (Å²) in [5, 5.41) is 3.38. The summed E-state index contributed by atoms with van der Waals surface area (Å²) in [6, 6.07) is 10.9. The summed E-state index contributed by atoms with van der Waals surface area (Å²) in [4.78, 5) is 15.6. The standard InChI is InChI=1S/C16H14ClN3O2/c1-11(21)18-14-4-2-3-5-15(14)22-10-13-9-20-8-12(17)6-7-16(20)19-13/h2-9H,10H2,1H3,(H,18,21). The van der Waals surface area contributed by atoms with Gasteiger partial charge in [-0.3, -0.25) is 4.79 Å². The fraction of sp³-hybridized carbons (Fsp3) is 0.125. The van der Waals surface area contributed by atoms with Gasteiger partial charge in [0.05, 0.1) is 16.4 Å². The number of nitrogens with zero attached hydrogens (tertiary/aromatic N) is 2. The number of para-hydroxylation sites is 2. The fourth-order valence-electron chi connectivity index (χ4n) is 2.12. The lowest BCUT2D eigenvalue weighted by atomic mass is 10.3. The number of pyridine rings is 1. The Morgan fingerprint density at radius 2 is 2.09 bits per heavy atom. The molecule has 0 aliphatic heterocycles. The number of fused-ring (bicyclic) bond motifs is 1. The molecule has 5 nitrogen and oxygen atoms in total. The van der Waals surface area contributed by atoms with Gasteiger partial charge >= 0.3 is 0 Å². The predicted molar refractivity (Wildman–Crippen MR) is 85.3 cm³/mol. The first kappa shape index (κ1) is 14.4. The van der Waals surface area contributed by atoms with Crippen LogP contribution in [-0.2, 0) is 11.4 Å². The van der Waals surface area contributed by atoms with E-state index in [0.29, 0.717) is 23.1 Å². The highest BCUT2D eigenvalue weighted by Gasteiger charge is 2.07. The number of aromatic nitrogens is 2. The van der Waals surface area contributed by atoms with E-state index in [2.05, 4.69) is 10.3 Å². The van der Waals surface area contributed by atoms with Gasteiger partial charge in [0.15, 0.2) is 0 Å². The second kappa shape index (κ2) is 6.07. The molecule has 3 rings (SSSR count). The lowest BCUT2D eigenvalue weighted by molar-refractivity contribution is -0.114. The third kappa shape index (κ3) is 3.20. The van der Waals surface area contributed by atoms with Gasteiger partial charge in [0.2, 0.25) is 5.91 Å². The van der Waals surface area contributed by atoms with Crippen LogP contribution >= 0.6 is 11.6 Å². The van der Waals surface area contributed by atoms with Crippen LogP contribution in [0, 0.1) is 0 Å². The van der Waals surface area contributed by atoms with E-state index in [-0.39, 0.29) is 5.91 Å². The zero-order chi connectivity index (χ0) is 15.5. The van der Waals surface area contributed by atoms with E-state index in [9.17, 15) is 4.79 Å². The number of amides is 1. The highest BCUT2D eigenvalue weighted by molar-refractivity contribution is 6.30. The normalized spacial score (nSPS) is 10.6. The Balaban J connectivity index is 1.77. The number of rotatable bonds is 4. The number of ether oxygens (including phenoxy) is 1. The minimum atomic E-state index is -0.140. The van der Waals surface area contributed by atoms with Crippen molar-refractivity contribution in [3.05, 3.63) is 59.5 Å². The van der Waals surface area contributed by atoms with E-state index in [1.165, 1.54) is 6.92 Å². The quantitative estimate of drug-likeness (QED) is 0.801. The van der Waals surface area contributed by atoms with Crippen LogP contribution in [0.4, 0.5) is 5.69 Å². The number of anilines is 1. The first-order valence-corrected chi connectivity index (χ1v) is 7.12. The van der Waals surface area contributed by atoms with Crippen molar-refractivity contribution >= 4 is 28.8 Å². The molecule has 1 aromatic carbocycles. The van der Waals surface area contributed by atoms with Gasteiger partial charge in [0.25, 0.3) is 0 Å². The Morgan fingerprint density at radius 1 is 1.27 bits per heavy atom. The molecule has 0 unspecified atom stereocenters. The topological polar surface area (TPSA) is 55.6 Å². The molecule has 22 heavy (non-hydrogen) atoms.